The van der Waals surface area contributed by atoms with Crippen LogP contribution >= 0.6 is 0 Å². The molecular weight excluding hydrogens is 274 g/mol. The van der Waals surface area contributed by atoms with Crippen molar-refractivity contribution in [2.24, 2.45) is 0 Å². The molecule has 2 atom stereocenters. The van der Waals surface area contributed by atoms with Crippen molar-refractivity contribution in [1.82, 2.24) is 5.32 Å². The predicted octanol–water partition coefficient (Wildman–Crippen LogP) is 2.22. The fraction of sp³-hybridized carbons (Fsp3) is 0.533. The second-order valence-electron chi connectivity index (χ2n) is 5.27. The SMILES string of the molecule is CCC(NC(=O)CC1CCCS1(=O)=O)c1ccccc1. The maximum absolute atomic E-state index is 12.1. The third-order valence-corrected chi connectivity index (χ3v) is 6.10. The minimum absolute atomic E-state index is 0.0483. The molecule has 20 heavy (non-hydrogen) atoms. The molecule has 1 amide bonds. The fourth-order valence-corrected chi connectivity index (χ4v) is 4.49. The van der Waals surface area contributed by atoms with Crippen LogP contribution in [0.5, 0.6) is 0 Å². The molecule has 0 radical (unpaired) electrons. The number of rotatable bonds is 5. The first-order valence-electron chi connectivity index (χ1n) is 7.09. The lowest BCUT2D eigenvalue weighted by Gasteiger charge is -2.18. The van der Waals surface area contributed by atoms with E-state index in [0.717, 1.165) is 12.0 Å². The third kappa shape index (κ3) is 3.60. The summed E-state index contributed by atoms with van der Waals surface area (Å²) in [5.41, 5.74) is 1.05. The van der Waals surface area contributed by atoms with E-state index in [-0.39, 0.29) is 24.1 Å². The maximum atomic E-state index is 12.1. The molecule has 0 aromatic heterocycles. The van der Waals surface area contributed by atoms with Gasteiger partial charge in [0.05, 0.1) is 17.0 Å². The van der Waals surface area contributed by atoms with Crippen LogP contribution in [0, 0.1) is 0 Å². The quantitative estimate of drug-likeness (QED) is 0.906. The molecule has 1 heterocycles. The van der Waals surface area contributed by atoms with E-state index in [2.05, 4.69) is 5.32 Å². The van der Waals surface area contributed by atoms with Crippen LogP contribution in [-0.2, 0) is 14.6 Å². The summed E-state index contributed by atoms with van der Waals surface area (Å²) in [5.74, 6) is 0.0528. The number of sulfone groups is 1. The van der Waals surface area contributed by atoms with Gasteiger partial charge in [0.1, 0.15) is 0 Å². The van der Waals surface area contributed by atoms with E-state index in [1.807, 2.05) is 37.3 Å². The van der Waals surface area contributed by atoms with E-state index in [0.29, 0.717) is 12.8 Å². The number of carbonyl (C=O) groups excluding carboxylic acids is 1. The van der Waals surface area contributed by atoms with Gasteiger partial charge < -0.3 is 5.32 Å². The van der Waals surface area contributed by atoms with E-state index in [1.165, 1.54) is 0 Å². The molecule has 0 spiro atoms. The number of amides is 1. The van der Waals surface area contributed by atoms with Gasteiger partial charge in [-0.2, -0.15) is 0 Å². The summed E-state index contributed by atoms with van der Waals surface area (Å²) < 4.78 is 23.5. The summed E-state index contributed by atoms with van der Waals surface area (Å²) in [4.78, 5) is 12.1. The largest absolute Gasteiger partial charge is 0.349 e. The molecule has 0 aliphatic carbocycles. The standard InChI is InChI=1S/C15H21NO3S/c1-2-14(12-7-4-3-5-8-12)16-15(17)11-13-9-6-10-20(13,18)19/h3-5,7-8,13-14H,2,6,9-11H2,1H3,(H,16,17). The topological polar surface area (TPSA) is 63.2 Å². The zero-order chi connectivity index (χ0) is 14.6. The zero-order valence-electron chi connectivity index (χ0n) is 11.7. The molecule has 2 rings (SSSR count). The molecule has 1 N–H and O–H groups in total. The van der Waals surface area contributed by atoms with Crippen LogP contribution in [-0.4, -0.2) is 25.3 Å². The van der Waals surface area contributed by atoms with Crippen molar-refractivity contribution in [3.8, 4) is 0 Å². The van der Waals surface area contributed by atoms with Crippen LogP contribution in [0.25, 0.3) is 0 Å². The highest BCUT2D eigenvalue weighted by atomic mass is 32.2. The molecular formula is C15H21NO3S. The number of carbonyl (C=O) groups is 1. The molecule has 1 fully saturated rings. The normalized spacial score (nSPS) is 22.4. The summed E-state index contributed by atoms with van der Waals surface area (Å²) in [6, 6.07) is 9.70. The average molecular weight is 295 g/mol. The van der Waals surface area contributed by atoms with Gasteiger partial charge in [-0.3, -0.25) is 4.79 Å². The molecule has 1 aliphatic heterocycles. The molecule has 110 valence electrons. The zero-order valence-corrected chi connectivity index (χ0v) is 12.5. The smallest absolute Gasteiger partial charge is 0.221 e. The lowest BCUT2D eigenvalue weighted by atomic mass is 10.0. The number of nitrogens with one attached hydrogen (secondary N) is 1. The van der Waals surface area contributed by atoms with E-state index in [4.69, 9.17) is 0 Å². The molecule has 0 saturated carbocycles. The Morgan fingerprint density at radius 1 is 1.35 bits per heavy atom. The molecule has 1 aliphatic rings. The average Bonchev–Trinajstić information content (AvgIpc) is 2.76. The van der Waals surface area contributed by atoms with E-state index >= 15 is 0 Å². The monoisotopic (exact) mass is 295 g/mol. The first-order chi connectivity index (χ1) is 9.53. The Morgan fingerprint density at radius 3 is 2.60 bits per heavy atom. The molecule has 5 heteroatoms. The van der Waals surface area contributed by atoms with Gasteiger partial charge in [-0.05, 0) is 24.8 Å². The number of hydrogen-bond donors (Lipinski definition) is 1. The van der Waals surface area contributed by atoms with Gasteiger partial charge in [0.15, 0.2) is 9.84 Å². The van der Waals surface area contributed by atoms with Gasteiger partial charge in [0, 0.05) is 6.42 Å². The predicted molar refractivity (Wildman–Crippen MR) is 79.0 cm³/mol. The fourth-order valence-electron chi connectivity index (χ4n) is 2.65. The van der Waals surface area contributed by atoms with E-state index in [9.17, 15) is 13.2 Å². The summed E-state index contributed by atoms with van der Waals surface area (Å²) in [7, 11) is -3.05. The van der Waals surface area contributed by atoms with Gasteiger partial charge in [-0.25, -0.2) is 8.42 Å². The third-order valence-electron chi connectivity index (χ3n) is 3.82. The van der Waals surface area contributed by atoms with Crippen molar-refractivity contribution in [2.75, 3.05) is 5.75 Å². The van der Waals surface area contributed by atoms with Gasteiger partial charge in [-0.15, -0.1) is 0 Å². The van der Waals surface area contributed by atoms with E-state index < -0.39 is 15.1 Å². The summed E-state index contributed by atoms with van der Waals surface area (Å²) in [6.07, 6.45) is 2.16. The van der Waals surface area contributed by atoms with E-state index in [1.54, 1.807) is 0 Å². The number of hydrogen-bond acceptors (Lipinski definition) is 3. The Kier molecular flexibility index (Phi) is 4.81. The minimum Gasteiger partial charge on any atom is -0.349 e. The van der Waals surface area contributed by atoms with Crippen LogP contribution in [0.2, 0.25) is 0 Å². The van der Waals surface area contributed by atoms with Crippen molar-refractivity contribution >= 4 is 15.7 Å². The molecule has 2 unspecified atom stereocenters. The van der Waals surface area contributed by atoms with Crippen LogP contribution in [0.3, 0.4) is 0 Å². The first-order valence-corrected chi connectivity index (χ1v) is 8.80. The second kappa shape index (κ2) is 6.39. The first kappa shape index (κ1) is 15.0. The lowest BCUT2D eigenvalue weighted by Crippen LogP contribution is -2.32. The highest BCUT2D eigenvalue weighted by molar-refractivity contribution is 7.92. The van der Waals surface area contributed by atoms with Gasteiger partial charge in [0.2, 0.25) is 5.91 Å². The highest BCUT2D eigenvalue weighted by Gasteiger charge is 2.33. The summed E-state index contributed by atoms with van der Waals surface area (Å²) in [6.45, 7) is 2.00. The minimum atomic E-state index is -3.05. The van der Waals surface area contributed by atoms with Crippen LogP contribution < -0.4 is 5.32 Å². The Morgan fingerprint density at radius 2 is 2.05 bits per heavy atom. The van der Waals surface area contributed by atoms with Gasteiger partial charge >= 0.3 is 0 Å². The van der Waals surface area contributed by atoms with Gasteiger partial charge in [-0.1, -0.05) is 37.3 Å². The van der Waals surface area contributed by atoms with Crippen LogP contribution in [0.15, 0.2) is 30.3 Å². The molecule has 0 bridgehead atoms. The Hall–Kier alpha value is -1.36. The summed E-state index contributed by atoms with van der Waals surface area (Å²) in [5, 5.41) is 2.45. The summed E-state index contributed by atoms with van der Waals surface area (Å²) >= 11 is 0. The lowest BCUT2D eigenvalue weighted by molar-refractivity contribution is -0.121. The van der Waals surface area contributed by atoms with Crippen molar-refractivity contribution in [1.29, 1.82) is 0 Å². The Labute approximate surface area is 120 Å². The highest BCUT2D eigenvalue weighted by Crippen LogP contribution is 2.23. The van der Waals surface area contributed by atoms with Crippen LogP contribution in [0.1, 0.15) is 44.2 Å². The Bertz CT molecular complexity index is 554. The van der Waals surface area contributed by atoms with Crippen LogP contribution in [0.4, 0.5) is 0 Å². The maximum Gasteiger partial charge on any atom is 0.221 e. The van der Waals surface area contributed by atoms with Crippen molar-refractivity contribution in [3.05, 3.63) is 35.9 Å². The van der Waals surface area contributed by atoms with Crippen molar-refractivity contribution < 1.29 is 13.2 Å². The molecule has 1 aromatic rings. The molecule has 1 aromatic carbocycles. The molecule has 4 nitrogen and oxygen atoms in total. The van der Waals surface area contributed by atoms with Crippen molar-refractivity contribution in [2.45, 2.75) is 43.9 Å². The molecule has 1 saturated heterocycles. The Balaban J connectivity index is 1.97. The van der Waals surface area contributed by atoms with Crippen molar-refractivity contribution in [3.63, 3.8) is 0 Å². The number of benzene rings is 1. The van der Waals surface area contributed by atoms with Gasteiger partial charge in [0.25, 0.3) is 0 Å². The second-order valence-corrected chi connectivity index (χ2v) is 7.68.